The minimum atomic E-state index is -3.95. The first kappa shape index (κ1) is 105. The number of hydrogen-bond donors (Lipinski definition) is 0. The van der Waals surface area contributed by atoms with Gasteiger partial charge >= 0.3 is 17.9 Å². The smallest absolute Gasteiger partial charge is 0.350 e. The SMILES string of the molecule is C=C(CC(C)C)/C(=C/C=C1\OCC(C)(C)N1C)C(=O)OC(C)C.CCCCCCCCOC(=O)/C(=C/C=C/N(CC)CC)Cc1ccccc1.CCCCCCCCOC(=O)/C(=C/C=C/N(CC)CC)S(=O)(=O)c1ccccc1.COc1ccc(C(=O)CC(=O)c2ccc(C(C)(C)C)cc2)cc1.Cn1c(-c2ccccc2)c(C=C(C#N)C#N)c2ccccc21. The highest BCUT2D eigenvalue weighted by Crippen LogP contribution is 2.35. The molecule has 0 unspecified atom stereocenters. The van der Waals surface area contributed by atoms with E-state index in [2.05, 4.69) is 97.1 Å². The molecule has 2 heterocycles. The van der Waals surface area contributed by atoms with Gasteiger partial charge in [0.25, 0.3) is 0 Å². The second-order valence-corrected chi connectivity index (χ2v) is 34.5. The quantitative estimate of drug-likeness (QED) is 0.00507. The van der Waals surface area contributed by atoms with Crippen LogP contribution in [-0.4, -0.2) is 129 Å². The van der Waals surface area contributed by atoms with E-state index in [-0.39, 0.29) is 69.0 Å². The number of para-hydroxylation sites is 1. The van der Waals surface area contributed by atoms with Gasteiger partial charge in [-0.05, 0) is 200 Å². The number of sulfone groups is 1. The number of benzene rings is 6. The fourth-order valence-electron chi connectivity index (χ4n) is 13.0. The van der Waals surface area contributed by atoms with Crippen LogP contribution in [0.25, 0.3) is 28.2 Å². The van der Waals surface area contributed by atoms with Crippen molar-refractivity contribution in [3.05, 3.63) is 280 Å². The van der Waals surface area contributed by atoms with Crippen LogP contribution < -0.4 is 4.74 Å². The van der Waals surface area contributed by atoms with Gasteiger partial charge in [-0.2, -0.15) is 10.5 Å². The number of aryl methyl sites for hydroxylation is 1. The lowest BCUT2D eigenvalue weighted by atomic mass is 9.86. The lowest BCUT2D eigenvalue weighted by Gasteiger charge is -2.25. The number of carbonyl (C=O) groups excluding carboxylic acids is 5. The van der Waals surface area contributed by atoms with Gasteiger partial charge in [0.05, 0.1) is 54.5 Å². The topological polar surface area (TPSA) is 228 Å². The average molecular weight is 1710 g/mol. The van der Waals surface area contributed by atoms with Crippen molar-refractivity contribution in [3.8, 4) is 29.1 Å². The van der Waals surface area contributed by atoms with E-state index in [1.807, 2.05) is 180 Å². The largest absolute Gasteiger partial charge is 0.497 e. The van der Waals surface area contributed by atoms with E-state index in [4.69, 9.17) is 34.2 Å². The van der Waals surface area contributed by atoms with Crippen molar-refractivity contribution < 1.29 is 56.1 Å². The Kier molecular flexibility index (Phi) is 47.6. The Bertz CT molecular complexity index is 4850. The highest BCUT2D eigenvalue weighted by atomic mass is 32.2. The summed E-state index contributed by atoms with van der Waals surface area (Å²) in [5.74, 6) is 0.192. The first-order chi connectivity index (χ1) is 59.3. The number of fused-ring (bicyclic) bond motifs is 1. The molecule has 19 heteroatoms. The zero-order chi connectivity index (χ0) is 91.6. The van der Waals surface area contributed by atoms with Gasteiger partial charge in [0.1, 0.15) is 30.1 Å². The number of likely N-dealkylation sites (N-methyl/N-ethyl adjacent to an activating group) is 1. The Hall–Kier alpha value is -11.5. The summed E-state index contributed by atoms with van der Waals surface area (Å²) in [6, 6.07) is 54.2. The molecule has 124 heavy (non-hydrogen) atoms. The summed E-state index contributed by atoms with van der Waals surface area (Å²) in [5.41, 5.74) is 9.52. The average Bonchev–Trinajstić information content (AvgIpc) is 1.61. The van der Waals surface area contributed by atoms with Crippen LogP contribution in [0.2, 0.25) is 0 Å². The molecule has 0 saturated carbocycles. The van der Waals surface area contributed by atoms with Crippen LogP contribution in [0.1, 0.15) is 231 Å². The Morgan fingerprint density at radius 3 is 1.57 bits per heavy atom. The zero-order valence-electron chi connectivity index (χ0n) is 77.2. The van der Waals surface area contributed by atoms with Crippen LogP contribution in [0.15, 0.2) is 257 Å². The number of esters is 3. The second kappa shape index (κ2) is 56.3. The van der Waals surface area contributed by atoms with Crippen LogP contribution in [-0.2, 0) is 62.1 Å². The highest BCUT2D eigenvalue weighted by Gasteiger charge is 2.34. The van der Waals surface area contributed by atoms with Gasteiger partial charge in [-0.15, -0.1) is 0 Å². The molecule has 6 aromatic carbocycles. The van der Waals surface area contributed by atoms with Crippen LogP contribution in [0.4, 0.5) is 0 Å². The number of Topliss-reactive ketones (excluding diaryl/α,β-unsaturated/α-hetero) is 2. The van der Waals surface area contributed by atoms with Gasteiger partial charge < -0.3 is 43.0 Å². The number of allylic oxidation sites excluding steroid dienone is 7. The summed E-state index contributed by atoms with van der Waals surface area (Å²) in [5, 5.41) is 19.2. The molecule has 8 rings (SSSR count). The van der Waals surface area contributed by atoms with E-state index in [1.54, 1.807) is 86.1 Å². The van der Waals surface area contributed by atoms with Gasteiger partial charge in [-0.3, -0.25) is 9.59 Å². The molecule has 0 N–H and O–H groups in total. The molecule has 18 nitrogen and oxygen atoms in total. The lowest BCUT2D eigenvalue weighted by Crippen LogP contribution is -2.36. The fraction of sp³-hybridized carbons (Fsp3) is 0.419. The number of unbranched alkanes of at least 4 members (excludes halogenated alkanes) is 10. The Morgan fingerprint density at radius 2 is 1.09 bits per heavy atom. The van der Waals surface area contributed by atoms with Crippen LogP contribution in [0.5, 0.6) is 5.75 Å². The number of carbonyl (C=O) groups is 5. The third kappa shape index (κ3) is 36.5. The highest BCUT2D eigenvalue weighted by molar-refractivity contribution is 7.96. The molecule has 1 aliphatic rings. The Labute approximate surface area is 742 Å². The summed E-state index contributed by atoms with van der Waals surface area (Å²) in [7, 11) is 1.61. The molecule has 1 saturated heterocycles. The summed E-state index contributed by atoms with van der Waals surface area (Å²) in [6.07, 6.45) is 30.4. The monoisotopic (exact) mass is 1710 g/mol. The molecular formula is C105H138N6O12S. The molecule has 0 atom stereocenters. The Balaban J connectivity index is 0.000000326. The molecule has 0 spiro atoms. The predicted molar refractivity (Wildman–Crippen MR) is 505 cm³/mol. The van der Waals surface area contributed by atoms with Crippen molar-refractivity contribution in [1.29, 1.82) is 10.5 Å². The lowest BCUT2D eigenvalue weighted by molar-refractivity contribution is -0.142. The van der Waals surface area contributed by atoms with E-state index >= 15 is 0 Å². The molecule has 0 radical (unpaired) electrons. The van der Waals surface area contributed by atoms with E-state index in [0.29, 0.717) is 53.6 Å². The first-order valence-electron chi connectivity index (χ1n) is 43.8. The summed E-state index contributed by atoms with van der Waals surface area (Å²) >= 11 is 0. The second-order valence-electron chi connectivity index (χ2n) is 32.6. The van der Waals surface area contributed by atoms with E-state index < -0.39 is 15.8 Å². The van der Waals surface area contributed by atoms with E-state index in [0.717, 1.165) is 115 Å². The number of ketones is 2. The fourth-order valence-corrected chi connectivity index (χ4v) is 14.3. The number of hydrogen-bond acceptors (Lipinski definition) is 17. The minimum absolute atomic E-state index is 0.0422. The maximum atomic E-state index is 13.0. The Morgan fingerprint density at radius 1 is 0.605 bits per heavy atom. The maximum Gasteiger partial charge on any atom is 0.350 e. The van der Waals surface area contributed by atoms with Crippen molar-refractivity contribution in [2.24, 2.45) is 13.0 Å². The molecule has 0 aliphatic carbocycles. The number of nitrogens with zero attached hydrogens (tertiary/aromatic N) is 6. The maximum absolute atomic E-state index is 13.0. The summed E-state index contributed by atoms with van der Waals surface area (Å²) < 4.78 is 55.0. The van der Waals surface area contributed by atoms with Crippen LogP contribution in [0.3, 0.4) is 0 Å². The van der Waals surface area contributed by atoms with Gasteiger partial charge in [-0.1, -0.05) is 247 Å². The van der Waals surface area contributed by atoms with Gasteiger partial charge in [0, 0.05) is 79.9 Å². The first-order valence-corrected chi connectivity index (χ1v) is 45.3. The van der Waals surface area contributed by atoms with Crippen molar-refractivity contribution in [2.75, 3.05) is 60.2 Å². The number of rotatable bonds is 41. The van der Waals surface area contributed by atoms with Gasteiger partial charge in [0.2, 0.25) is 9.84 Å². The number of methoxy groups -OCH3 is 1. The number of ether oxygens (including phenoxy) is 5. The normalized spacial score (nSPS) is 12.9. The van der Waals surface area contributed by atoms with E-state index in [1.165, 1.54) is 63.2 Å². The molecule has 1 aromatic heterocycles. The van der Waals surface area contributed by atoms with Gasteiger partial charge in [0.15, 0.2) is 22.4 Å². The van der Waals surface area contributed by atoms with Crippen LogP contribution in [0, 0.1) is 28.6 Å². The van der Waals surface area contributed by atoms with Crippen molar-refractivity contribution in [2.45, 2.75) is 222 Å². The standard InChI is InChI=1S/C24H37NO2.C23H35NO4S.C20H22O3.C19H13N3.C19H31NO3/c1-4-7-8-9-10-14-20-27-24(26)23(18-15-19-25(5-2)6-3)21-22-16-12-11-13-17-22;1-4-7-8-9-10-14-20-28-23(25)22(18-15-19-24(5-2)6-3)29(26,27)21-16-12-11-13-17-21;1-20(2,3)16-9-5-14(6-10-16)18(21)13-19(22)15-7-11-17(23-4)12-8-15;1-22-18-10-6-5-9-16(18)17(11-14(12-20)13-21)19(22)15-7-3-2-4-8-15;1-13(2)11-15(5)16(18(21)23-14(3)4)9-10-17-20(8)19(6,7)12-22-17/h11-13,15-19H,4-10,14,20-21H2,1-3H3;11-13,15-19H,4-10,14,20H2,1-3H3;5-12H,13H2,1-4H3;2-11H,1H3;9-10,13-14H,5,11-12H2,1-4,6-8H3/b19-15+,23-18+;19-15+,22-18-;;;16-9-,17-10-. The third-order valence-electron chi connectivity index (χ3n) is 20.6. The van der Waals surface area contributed by atoms with Crippen molar-refractivity contribution in [3.63, 3.8) is 0 Å². The van der Waals surface area contributed by atoms with Gasteiger partial charge in [-0.25, -0.2) is 22.8 Å². The molecular weight excluding hydrogens is 1570 g/mol. The molecule has 0 amide bonds. The molecule has 1 fully saturated rings. The van der Waals surface area contributed by atoms with Crippen LogP contribution >= 0.6 is 0 Å². The third-order valence-corrected chi connectivity index (χ3v) is 22.4. The molecule has 1 aliphatic heterocycles. The van der Waals surface area contributed by atoms with E-state index in [9.17, 15) is 32.4 Å². The molecule has 0 bridgehead atoms. The predicted octanol–water partition coefficient (Wildman–Crippen LogP) is 23.8. The molecule has 7 aromatic rings. The van der Waals surface area contributed by atoms with Crippen molar-refractivity contribution >= 4 is 56.3 Å². The zero-order valence-corrected chi connectivity index (χ0v) is 78.0. The van der Waals surface area contributed by atoms with Crippen molar-refractivity contribution in [1.82, 2.24) is 19.3 Å². The number of nitriles is 2. The minimum Gasteiger partial charge on any atom is -0.497 e. The molecule has 666 valence electrons. The number of aromatic nitrogens is 1. The summed E-state index contributed by atoms with van der Waals surface area (Å²) in [4.78, 5) is 68.0. The summed E-state index contributed by atoms with van der Waals surface area (Å²) in [6.45, 7) is 40.1.